The summed E-state index contributed by atoms with van der Waals surface area (Å²) in [5.41, 5.74) is 0.562. The van der Waals surface area contributed by atoms with Crippen molar-refractivity contribution in [1.29, 1.82) is 0 Å². The Hall–Kier alpha value is -1.95. The first-order valence-electron chi connectivity index (χ1n) is 7.82. The molecule has 2 saturated heterocycles. The second-order valence-electron chi connectivity index (χ2n) is 6.36. The van der Waals surface area contributed by atoms with Gasteiger partial charge in [0.25, 0.3) is 0 Å². The van der Waals surface area contributed by atoms with E-state index < -0.39 is 17.7 Å². The number of hydrogen-bond acceptors (Lipinski definition) is 6. The van der Waals surface area contributed by atoms with Gasteiger partial charge in [-0.25, -0.2) is 4.79 Å². The molecule has 0 aromatic heterocycles. The third kappa shape index (κ3) is 3.08. The molecule has 0 radical (unpaired) electrons. The molecule has 1 aliphatic carbocycles. The molecule has 0 spiro atoms. The predicted octanol–water partition coefficient (Wildman–Crippen LogP) is 1.48. The highest BCUT2D eigenvalue weighted by Gasteiger charge is 2.56. The lowest BCUT2D eigenvalue weighted by Crippen LogP contribution is -2.24. The molecule has 0 aromatic carbocycles. The van der Waals surface area contributed by atoms with E-state index in [0.29, 0.717) is 31.3 Å². The van der Waals surface area contributed by atoms with Crippen molar-refractivity contribution in [2.24, 2.45) is 5.92 Å². The lowest BCUT2D eigenvalue weighted by molar-refractivity contribution is -0.140. The molecule has 0 unspecified atom stereocenters. The summed E-state index contributed by atoms with van der Waals surface area (Å²) in [4.78, 5) is 34.3. The van der Waals surface area contributed by atoms with Crippen LogP contribution >= 0.6 is 0 Å². The first kappa shape index (κ1) is 15.9. The number of carbonyl (C=O) groups excluding carboxylic acids is 3. The van der Waals surface area contributed by atoms with Crippen LogP contribution in [0.5, 0.6) is 0 Å². The van der Waals surface area contributed by atoms with E-state index in [2.05, 4.69) is 6.58 Å². The van der Waals surface area contributed by atoms with E-state index in [4.69, 9.17) is 14.2 Å². The maximum absolute atomic E-state index is 11.8. The Morgan fingerprint density at radius 1 is 1.52 bits per heavy atom. The van der Waals surface area contributed by atoms with E-state index in [0.717, 1.165) is 11.9 Å². The highest BCUT2D eigenvalue weighted by molar-refractivity contribution is 5.91. The SMILES string of the molecule is C=C1C(=O)O[C@@H]2/C=C(/COC(C)=O)CC[C@H]3O[C@]3(C=O)CC[C@@H]12. The molecule has 0 bridgehead atoms. The zero-order valence-electron chi connectivity index (χ0n) is 13.1. The van der Waals surface area contributed by atoms with Crippen LogP contribution in [0.4, 0.5) is 0 Å². The van der Waals surface area contributed by atoms with Crippen LogP contribution < -0.4 is 0 Å². The van der Waals surface area contributed by atoms with Crippen LogP contribution in [0.3, 0.4) is 0 Å². The number of esters is 2. The van der Waals surface area contributed by atoms with Gasteiger partial charge in [0, 0.05) is 18.4 Å². The lowest BCUT2D eigenvalue weighted by atomic mass is 9.84. The molecule has 4 atom stereocenters. The normalized spacial score (nSPS) is 38.5. The first-order chi connectivity index (χ1) is 10.9. The second kappa shape index (κ2) is 5.92. The summed E-state index contributed by atoms with van der Waals surface area (Å²) in [6, 6.07) is 0. The van der Waals surface area contributed by atoms with E-state index in [1.807, 2.05) is 6.08 Å². The van der Waals surface area contributed by atoms with Gasteiger partial charge >= 0.3 is 11.9 Å². The molecular weight excluding hydrogens is 300 g/mol. The lowest BCUT2D eigenvalue weighted by Gasteiger charge is -2.19. The van der Waals surface area contributed by atoms with Crippen LogP contribution in [-0.4, -0.2) is 42.6 Å². The van der Waals surface area contributed by atoms with Crippen LogP contribution in [0.1, 0.15) is 32.6 Å². The van der Waals surface area contributed by atoms with E-state index in [1.165, 1.54) is 6.92 Å². The number of rotatable bonds is 3. The summed E-state index contributed by atoms with van der Waals surface area (Å²) in [6.07, 6.45) is 4.67. The zero-order chi connectivity index (χ0) is 16.6. The summed E-state index contributed by atoms with van der Waals surface area (Å²) < 4.78 is 16.1. The Bertz CT molecular complexity index is 592. The fourth-order valence-electron chi connectivity index (χ4n) is 3.36. The minimum absolute atomic E-state index is 0.108. The molecule has 0 saturated carbocycles. The minimum atomic E-state index is -0.736. The van der Waals surface area contributed by atoms with Gasteiger partial charge in [-0.2, -0.15) is 0 Å². The maximum Gasteiger partial charge on any atom is 0.334 e. The number of carbonyl (C=O) groups is 3. The van der Waals surface area contributed by atoms with Crippen LogP contribution in [0.25, 0.3) is 0 Å². The van der Waals surface area contributed by atoms with Gasteiger partial charge in [0.2, 0.25) is 0 Å². The first-order valence-corrected chi connectivity index (χ1v) is 7.82. The molecule has 6 nitrogen and oxygen atoms in total. The van der Waals surface area contributed by atoms with Gasteiger partial charge in [-0.15, -0.1) is 0 Å². The van der Waals surface area contributed by atoms with Gasteiger partial charge in [-0.3, -0.25) is 4.79 Å². The number of fused-ring (bicyclic) bond motifs is 2. The van der Waals surface area contributed by atoms with Crippen LogP contribution in [0.2, 0.25) is 0 Å². The van der Waals surface area contributed by atoms with Crippen molar-refractivity contribution >= 4 is 18.2 Å². The van der Waals surface area contributed by atoms with Crippen LogP contribution in [0, 0.1) is 5.92 Å². The molecule has 23 heavy (non-hydrogen) atoms. The fourth-order valence-corrected chi connectivity index (χ4v) is 3.36. The number of ether oxygens (including phenoxy) is 3. The summed E-state index contributed by atoms with van der Waals surface area (Å²) in [6.45, 7) is 5.32. The fraction of sp³-hybridized carbons (Fsp3) is 0.588. The van der Waals surface area contributed by atoms with E-state index in [1.54, 1.807) is 0 Å². The Morgan fingerprint density at radius 2 is 2.30 bits per heavy atom. The van der Waals surface area contributed by atoms with Crippen molar-refractivity contribution in [3.63, 3.8) is 0 Å². The van der Waals surface area contributed by atoms with Crippen LogP contribution in [0.15, 0.2) is 23.8 Å². The van der Waals surface area contributed by atoms with Crippen molar-refractivity contribution in [3.05, 3.63) is 23.8 Å². The molecular formula is C17H20O6. The molecule has 2 heterocycles. The van der Waals surface area contributed by atoms with Gasteiger partial charge in [-0.05, 0) is 37.3 Å². The molecule has 2 fully saturated rings. The number of epoxide rings is 1. The van der Waals surface area contributed by atoms with Gasteiger partial charge < -0.3 is 19.0 Å². The standard InChI is InChI=1S/C17H20O6/c1-10-13-5-6-17(9-18)15(23-17)4-3-12(8-21-11(2)19)7-14(13)22-16(10)20/h7,9,13-15H,1,3-6,8H2,2H3/b12-7+/t13-,14+,15+,17-/m0/s1. The quantitative estimate of drug-likeness (QED) is 0.258. The van der Waals surface area contributed by atoms with Crippen molar-refractivity contribution in [1.82, 2.24) is 0 Å². The van der Waals surface area contributed by atoms with E-state index >= 15 is 0 Å². The number of hydrogen-bond donors (Lipinski definition) is 0. The highest BCUT2D eigenvalue weighted by atomic mass is 16.6. The molecule has 0 N–H and O–H groups in total. The van der Waals surface area contributed by atoms with E-state index in [9.17, 15) is 14.4 Å². The third-order valence-corrected chi connectivity index (χ3v) is 4.83. The molecule has 2 aliphatic heterocycles. The topological polar surface area (TPSA) is 82.2 Å². The van der Waals surface area contributed by atoms with Crippen molar-refractivity contribution in [3.8, 4) is 0 Å². The Kier molecular flexibility index (Phi) is 4.10. The molecule has 3 rings (SSSR count). The van der Waals surface area contributed by atoms with Gasteiger partial charge in [-0.1, -0.05) is 6.58 Å². The largest absolute Gasteiger partial charge is 0.461 e. The van der Waals surface area contributed by atoms with Gasteiger partial charge in [0.15, 0.2) is 6.29 Å². The average molecular weight is 320 g/mol. The summed E-state index contributed by atoms with van der Waals surface area (Å²) in [5.74, 6) is -0.942. The number of aldehydes is 1. The maximum atomic E-state index is 11.8. The van der Waals surface area contributed by atoms with Crippen LogP contribution in [-0.2, 0) is 28.6 Å². The predicted molar refractivity (Wildman–Crippen MR) is 79.4 cm³/mol. The molecule has 6 heteroatoms. The smallest absolute Gasteiger partial charge is 0.334 e. The molecule has 0 amide bonds. The Morgan fingerprint density at radius 3 is 3.00 bits per heavy atom. The highest BCUT2D eigenvalue weighted by Crippen LogP contribution is 2.45. The van der Waals surface area contributed by atoms with Crippen molar-refractivity contribution in [2.45, 2.75) is 50.4 Å². The van der Waals surface area contributed by atoms with Crippen molar-refractivity contribution < 1.29 is 28.6 Å². The van der Waals surface area contributed by atoms with Gasteiger partial charge in [0.05, 0.1) is 6.10 Å². The Balaban J connectivity index is 1.83. The zero-order valence-corrected chi connectivity index (χ0v) is 13.1. The Labute approximate surface area is 134 Å². The van der Waals surface area contributed by atoms with Crippen molar-refractivity contribution in [2.75, 3.05) is 6.61 Å². The second-order valence-corrected chi connectivity index (χ2v) is 6.36. The summed E-state index contributed by atoms with van der Waals surface area (Å²) >= 11 is 0. The monoisotopic (exact) mass is 320 g/mol. The van der Waals surface area contributed by atoms with Gasteiger partial charge in [0.1, 0.15) is 18.3 Å². The summed E-state index contributed by atoms with van der Waals surface area (Å²) in [7, 11) is 0. The minimum Gasteiger partial charge on any atom is -0.461 e. The molecule has 0 aromatic rings. The molecule has 124 valence electrons. The molecule has 3 aliphatic rings. The summed E-state index contributed by atoms with van der Waals surface area (Å²) in [5, 5.41) is 0. The average Bonchev–Trinajstić information content (AvgIpc) is 3.16. The third-order valence-electron chi connectivity index (χ3n) is 4.83. The van der Waals surface area contributed by atoms with E-state index in [-0.39, 0.29) is 24.6 Å².